The third-order valence-corrected chi connectivity index (χ3v) is 4.57. The number of nitrogens with zero attached hydrogens (tertiary/aromatic N) is 2. The van der Waals surface area contributed by atoms with Gasteiger partial charge in [0, 0.05) is 30.3 Å². The number of imidazole rings is 1. The molecule has 0 unspecified atom stereocenters. The molecule has 3 heteroatoms. The molecule has 1 aromatic heterocycles. The van der Waals surface area contributed by atoms with E-state index >= 15 is 0 Å². The summed E-state index contributed by atoms with van der Waals surface area (Å²) in [5.74, 6) is 1.70. The minimum Gasteiger partial charge on any atom is -0.330 e. The summed E-state index contributed by atoms with van der Waals surface area (Å²) >= 11 is 0. The summed E-state index contributed by atoms with van der Waals surface area (Å²) < 4.78 is 2.22. The summed E-state index contributed by atoms with van der Waals surface area (Å²) in [6, 6.07) is 21.4. The molecule has 0 bridgehead atoms. The highest BCUT2D eigenvalue weighted by Gasteiger charge is 2.14. The van der Waals surface area contributed by atoms with Gasteiger partial charge in [-0.25, -0.2) is 4.98 Å². The predicted molar refractivity (Wildman–Crippen MR) is 115 cm³/mol. The first kappa shape index (κ1) is 20.0. The SMILES string of the molecule is BCC(c1ccccc1)c1ccccc1.CCc1nccn1C(C)(C)C. The molecule has 0 aliphatic carbocycles. The van der Waals surface area contributed by atoms with Gasteiger partial charge in [-0.05, 0) is 31.9 Å². The molecule has 0 fully saturated rings. The fourth-order valence-corrected chi connectivity index (χ4v) is 3.24. The first-order chi connectivity index (χ1) is 12.5. The molecular weight excluding hydrogens is 315 g/mol. The molecule has 2 aromatic carbocycles. The molecule has 136 valence electrons. The summed E-state index contributed by atoms with van der Waals surface area (Å²) in [6.07, 6.45) is 6.06. The second-order valence-electron chi connectivity index (χ2n) is 7.52. The molecule has 0 saturated carbocycles. The average Bonchev–Trinajstić information content (AvgIpc) is 3.14. The van der Waals surface area contributed by atoms with Crippen LogP contribution < -0.4 is 0 Å². The Balaban J connectivity index is 0.000000197. The zero-order chi connectivity index (χ0) is 19.0. The van der Waals surface area contributed by atoms with Crippen molar-refractivity contribution in [2.45, 2.75) is 51.9 Å². The van der Waals surface area contributed by atoms with Gasteiger partial charge in [0.25, 0.3) is 0 Å². The van der Waals surface area contributed by atoms with E-state index in [4.69, 9.17) is 0 Å². The van der Waals surface area contributed by atoms with Gasteiger partial charge in [0.05, 0.1) is 0 Å². The van der Waals surface area contributed by atoms with Crippen molar-refractivity contribution in [2.24, 2.45) is 0 Å². The lowest BCUT2D eigenvalue weighted by atomic mass is 9.81. The normalized spacial score (nSPS) is 11.1. The Labute approximate surface area is 159 Å². The van der Waals surface area contributed by atoms with Gasteiger partial charge in [-0.15, -0.1) is 0 Å². The standard InChI is InChI=1S/C14H15B.C9H16N2/c15-11-14(12-7-3-1-4-8-12)13-9-5-2-6-10-13;1-5-8-10-6-7-11(8)9(2,3)4/h1-10,14H,11,15H2;6-7H,5H2,1-4H3. The summed E-state index contributed by atoms with van der Waals surface area (Å²) in [4.78, 5) is 4.26. The number of benzene rings is 2. The smallest absolute Gasteiger partial charge is 0.108 e. The van der Waals surface area contributed by atoms with Crippen LogP contribution in [0.25, 0.3) is 0 Å². The summed E-state index contributed by atoms with van der Waals surface area (Å²) in [6.45, 7) is 8.69. The minimum atomic E-state index is 0.168. The molecule has 2 nitrogen and oxygen atoms in total. The van der Waals surface area contributed by atoms with Crippen molar-refractivity contribution in [3.05, 3.63) is 90.0 Å². The van der Waals surface area contributed by atoms with Gasteiger partial charge >= 0.3 is 0 Å². The van der Waals surface area contributed by atoms with E-state index in [1.807, 2.05) is 12.4 Å². The largest absolute Gasteiger partial charge is 0.330 e. The van der Waals surface area contributed by atoms with Gasteiger partial charge in [0.15, 0.2) is 0 Å². The number of hydrogen-bond acceptors (Lipinski definition) is 1. The Morgan fingerprint density at radius 1 is 0.923 bits per heavy atom. The zero-order valence-corrected chi connectivity index (χ0v) is 16.8. The highest BCUT2D eigenvalue weighted by Crippen LogP contribution is 2.26. The molecule has 26 heavy (non-hydrogen) atoms. The van der Waals surface area contributed by atoms with Gasteiger partial charge in [-0.3, -0.25) is 0 Å². The van der Waals surface area contributed by atoms with Crippen LogP contribution in [0.2, 0.25) is 6.32 Å². The maximum Gasteiger partial charge on any atom is 0.108 e. The van der Waals surface area contributed by atoms with Crippen molar-refractivity contribution in [2.75, 3.05) is 0 Å². The van der Waals surface area contributed by atoms with Crippen LogP contribution >= 0.6 is 0 Å². The highest BCUT2D eigenvalue weighted by molar-refractivity contribution is 6.09. The van der Waals surface area contributed by atoms with Crippen molar-refractivity contribution in [1.29, 1.82) is 0 Å². The molecule has 1 heterocycles. The van der Waals surface area contributed by atoms with Crippen LogP contribution in [-0.2, 0) is 12.0 Å². The van der Waals surface area contributed by atoms with E-state index in [0.29, 0.717) is 5.92 Å². The van der Waals surface area contributed by atoms with E-state index in [2.05, 4.69) is 106 Å². The summed E-state index contributed by atoms with van der Waals surface area (Å²) in [5.41, 5.74) is 2.99. The number of aromatic nitrogens is 2. The average molecular weight is 346 g/mol. The van der Waals surface area contributed by atoms with Crippen LogP contribution in [-0.4, -0.2) is 17.4 Å². The molecule has 0 amide bonds. The molecule has 0 aliphatic rings. The maximum absolute atomic E-state index is 4.26. The van der Waals surface area contributed by atoms with Crippen molar-refractivity contribution < 1.29 is 0 Å². The Morgan fingerprint density at radius 2 is 1.42 bits per heavy atom. The number of aryl methyl sites for hydroxylation is 1. The van der Waals surface area contributed by atoms with Crippen LogP contribution in [0.15, 0.2) is 73.1 Å². The van der Waals surface area contributed by atoms with E-state index in [1.165, 1.54) is 11.1 Å². The van der Waals surface area contributed by atoms with Crippen LogP contribution in [0, 0.1) is 0 Å². The first-order valence-electron chi connectivity index (χ1n) is 9.60. The van der Waals surface area contributed by atoms with Crippen LogP contribution in [0.5, 0.6) is 0 Å². The third-order valence-electron chi connectivity index (χ3n) is 4.57. The van der Waals surface area contributed by atoms with Gasteiger partial charge in [0.2, 0.25) is 0 Å². The molecular formula is C23H31BN2. The second-order valence-corrected chi connectivity index (χ2v) is 7.52. The number of hydrogen-bond donors (Lipinski definition) is 0. The molecule has 0 atom stereocenters. The molecule has 0 aliphatic heterocycles. The van der Waals surface area contributed by atoms with Crippen molar-refractivity contribution in [1.82, 2.24) is 9.55 Å². The molecule has 0 spiro atoms. The summed E-state index contributed by atoms with van der Waals surface area (Å²) in [5, 5.41) is 0. The van der Waals surface area contributed by atoms with Crippen LogP contribution in [0.1, 0.15) is 50.6 Å². The van der Waals surface area contributed by atoms with Crippen LogP contribution in [0.4, 0.5) is 0 Å². The summed E-state index contributed by atoms with van der Waals surface area (Å²) in [7, 11) is 2.24. The fourth-order valence-electron chi connectivity index (χ4n) is 3.24. The predicted octanol–water partition coefficient (Wildman–Crippen LogP) is 5.07. The van der Waals surface area contributed by atoms with Crippen molar-refractivity contribution in [3.63, 3.8) is 0 Å². The van der Waals surface area contributed by atoms with Gasteiger partial charge < -0.3 is 4.57 Å². The van der Waals surface area contributed by atoms with E-state index < -0.39 is 0 Å². The Bertz CT molecular complexity index is 718. The van der Waals surface area contributed by atoms with Gasteiger partial charge in [0.1, 0.15) is 13.7 Å². The lowest BCUT2D eigenvalue weighted by Gasteiger charge is -2.22. The van der Waals surface area contributed by atoms with E-state index in [9.17, 15) is 0 Å². The lowest BCUT2D eigenvalue weighted by Crippen LogP contribution is -2.23. The molecule has 3 rings (SSSR count). The molecule has 0 N–H and O–H groups in total. The van der Waals surface area contributed by atoms with E-state index in [0.717, 1.165) is 18.6 Å². The van der Waals surface area contributed by atoms with Crippen LogP contribution in [0.3, 0.4) is 0 Å². The van der Waals surface area contributed by atoms with E-state index in [1.54, 1.807) is 0 Å². The Hall–Kier alpha value is -2.29. The Morgan fingerprint density at radius 3 is 1.77 bits per heavy atom. The quantitative estimate of drug-likeness (QED) is 0.603. The first-order valence-corrected chi connectivity index (χ1v) is 9.60. The molecule has 0 saturated heterocycles. The molecule has 3 aromatic rings. The third kappa shape index (κ3) is 5.35. The fraction of sp³-hybridized carbons (Fsp3) is 0.348. The lowest BCUT2D eigenvalue weighted by molar-refractivity contribution is 0.383. The molecule has 0 radical (unpaired) electrons. The second kappa shape index (κ2) is 9.42. The Kier molecular flexibility index (Phi) is 7.26. The monoisotopic (exact) mass is 346 g/mol. The van der Waals surface area contributed by atoms with E-state index in [-0.39, 0.29) is 5.54 Å². The van der Waals surface area contributed by atoms with Crippen molar-refractivity contribution in [3.8, 4) is 0 Å². The minimum absolute atomic E-state index is 0.168. The van der Waals surface area contributed by atoms with Gasteiger partial charge in [-0.1, -0.05) is 73.9 Å². The topological polar surface area (TPSA) is 17.8 Å². The highest BCUT2D eigenvalue weighted by atomic mass is 15.1. The zero-order valence-electron chi connectivity index (χ0n) is 16.8. The maximum atomic E-state index is 4.26. The van der Waals surface area contributed by atoms with Gasteiger partial charge in [-0.2, -0.15) is 0 Å². The van der Waals surface area contributed by atoms with Crippen molar-refractivity contribution >= 4 is 7.85 Å². The number of rotatable bonds is 4.